The number of hydrogen-bond donors (Lipinski definition) is 1. The number of rotatable bonds is 3. The van der Waals surface area contributed by atoms with Gasteiger partial charge >= 0.3 is 0 Å². The molecule has 2 nitrogen and oxygen atoms in total. The molecule has 0 bridgehead atoms. The topological polar surface area (TPSA) is 15.3 Å². The highest BCUT2D eigenvalue weighted by Crippen LogP contribution is 2.33. The monoisotopic (exact) mass is 344 g/mol. The van der Waals surface area contributed by atoms with E-state index in [1.807, 2.05) is 12.1 Å². The number of anilines is 1. The lowest BCUT2D eigenvalue weighted by Crippen LogP contribution is -2.42. The molecule has 0 radical (unpaired) electrons. The van der Waals surface area contributed by atoms with Crippen LogP contribution in [0.2, 0.25) is 5.02 Å². The van der Waals surface area contributed by atoms with Gasteiger partial charge in [0.1, 0.15) is 0 Å². The van der Waals surface area contributed by atoms with E-state index in [4.69, 9.17) is 11.6 Å². The molecule has 1 heterocycles. The summed E-state index contributed by atoms with van der Waals surface area (Å²) in [7, 11) is 0. The van der Waals surface area contributed by atoms with E-state index in [-0.39, 0.29) is 0 Å². The van der Waals surface area contributed by atoms with E-state index < -0.39 is 0 Å². The molecule has 2 unspecified atom stereocenters. The first kappa shape index (κ1) is 15.1. The minimum atomic E-state index is 0.554. The first-order chi connectivity index (χ1) is 9.13. The zero-order valence-corrected chi connectivity index (χ0v) is 14.0. The number of nitrogens with zero attached hydrogens (tertiary/aromatic N) is 1. The Labute approximate surface area is 129 Å². The van der Waals surface area contributed by atoms with Crippen molar-refractivity contribution in [3.05, 3.63) is 27.7 Å². The van der Waals surface area contributed by atoms with Gasteiger partial charge < -0.3 is 10.2 Å². The maximum Gasteiger partial charge on any atom is 0.0595 e. The molecule has 2 rings (SSSR count). The number of nitrogens with one attached hydrogen (secondary N) is 1. The Morgan fingerprint density at radius 3 is 3.05 bits per heavy atom. The van der Waals surface area contributed by atoms with Crippen molar-refractivity contribution in [3.8, 4) is 0 Å². The average Bonchev–Trinajstić information content (AvgIpc) is 2.67. The highest BCUT2D eigenvalue weighted by molar-refractivity contribution is 9.10. The van der Waals surface area contributed by atoms with Crippen molar-refractivity contribution < 1.29 is 0 Å². The zero-order valence-electron chi connectivity index (χ0n) is 11.6. The molecule has 19 heavy (non-hydrogen) atoms. The molecule has 0 amide bonds. The lowest BCUT2D eigenvalue weighted by atomic mass is 9.99. The molecule has 0 aliphatic carbocycles. The molecule has 106 valence electrons. The molecule has 1 aromatic carbocycles. The fraction of sp³-hybridized carbons (Fsp3) is 0.600. The normalized spacial score (nSPS) is 22.1. The minimum absolute atomic E-state index is 0.554. The van der Waals surface area contributed by atoms with Crippen molar-refractivity contribution in [2.45, 2.75) is 32.7 Å². The van der Waals surface area contributed by atoms with Crippen molar-refractivity contribution in [3.63, 3.8) is 0 Å². The van der Waals surface area contributed by atoms with Gasteiger partial charge in [-0.25, -0.2) is 0 Å². The van der Waals surface area contributed by atoms with Gasteiger partial charge in [-0.1, -0.05) is 37.9 Å². The predicted molar refractivity (Wildman–Crippen MR) is 87.2 cm³/mol. The summed E-state index contributed by atoms with van der Waals surface area (Å²) in [6.45, 7) is 7.82. The standard InChI is InChI=1S/C15H22BrClN2/c1-3-11(2)13-10-19(9-5-8-18-13)14-7-4-6-12(17)15(14)16/h4,6-7,11,13,18H,3,5,8-10H2,1-2H3. The van der Waals surface area contributed by atoms with E-state index in [0.29, 0.717) is 12.0 Å². The first-order valence-corrected chi connectivity index (χ1v) is 8.23. The van der Waals surface area contributed by atoms with Gasteiger partial charge in [-0.15, -0.1) is 0 Å². The van der Waals surface area contributed by atoms with E-state index in [2.05, 4.69) is 46.1 Å². The second kappa shape index (κ2) is 6.96. The Hall–Kier alpha value is -0.250. The van der Waals surface area contributed by atoms with Crippen LogP contribution in [-0.4, -0.2) is 25.7 Å². The third-order valence-corrected chi connectivity index (χ3v) is 5.41. The Kier molecular flexibility index (Phi) is 5.55. The van der Waals surface area contributed by atoms with E-state index in [0.717, 1.165) is 29.1 Å². The van der Waals surface area contributed by atoms with Gasteiger partial charge in [-0.05, 0) is 46.9 Å². The van der Waals surface area contributed by atoms with Gasteiger partial charge in [0, 0.05) is 19.1 Å². The Morgan fingerprint density at radius 1 is 1.53 bits per heavy atom. The van der Waals surface area contributed by atoms with Crippen LogP contribution >= 0.6 is 27.5 Å². The van der Waals surface area contributed by atoms with Crippen LogP contribution in [0.1, 0.15) is 26.7 Å². The SMILES string of the molecule is CCC(C)C1CN(c2cccc(Cl)c2Br)CCCN1. The maximum absolute atomic E-state index is 6.21. The number of halogens is 2. The van der Waals surface area contributed by atoms with Crippen molar-refractivity contribution in [2.24, 2.45) is 5.92 Å². The van der Waals surface area contributed by atoms with Crippen LogP contribution in [0.25, 0.3) is 0 Å². The molecular formula is C15H22BrClN2. The Balaban J connectivity index is 2.20. The minimum Gasteiger partial charge on any atom is -0.369 e. The van der Waals surface area contributed by atoms with Gasteiger partial charge in [0.15, 0.2) is 0 Å². The molecule has 4 heteroatoms. The van der Waals surface area contributed by atoms with Crippen LogP contribution < -0.4 is 10.2 Å². The van der Waals surface area contributed by atoms with Crippen LogP contribution in [-0.2, 0) is 0 Å². The largest absolute Gasteiger partial charge is 0.369 e. The molecule has 1 N–H and O–H groups in total. The first-order valence-electron chi connectivity index (χ1n) is 7.05. The maximum atomic E-state index is 6.21. The van der Waals surface area contributed by atoms with E-state index in [9.17, 15) is 0 Å². The van der Waals surface area contributed by atoms with Crippen molar-refractivity contribution in [1.29, 1.82) is 0 Å². The smallest absolute Gasteiger partial charge is 0.0595 e. The average molecular weight is 346 g/mol. The molecule has 1 saturated heterocycles. The summed E-state index contributed by atoms with van der Waals surface area (Å²) < 4.78 is 1.02. The van der Waals surface area contributed by atoms with Gasteiger partial charge in [-0.2, -0.15) is 0 Å². The molecule has 2 atom stereocenters. The summed E-state index contributed by atoms with van der Waals surface area (Å²) >= 11 is 9.83. The van der Waals surface area contributed by atoms with Crippen LogP contribution in [0.4, 0.5) is 5.69 Å². The third kappa shape index (κ3) is 3.65. The van der Waals surface area contributed by atoms with Crippen LogP contribution in [0.3, 0.4) is 0 Å². The molecule has 1 aliphatic rings. The Morgan fingerprint density at radius 2 is 2.32 bits per heavy atom. The predicted octanol–water partition coefficient (Wildman–Crippen LogP) is 4.32. The third-order valence-electron chi connectivity index (χ3n) is 4.03. The van der Waals surface area contributed by atoms with Crippen LogP contribution in [0.15, 0.2) is 22.7 Å². The summed E-state index contributed by atoms with van der Waals surface area (Å²) in [6.07, 6.45) is 2.38. The van der Waals surface area contributed by atoms with Gasteiger partial charge in [-0.3, -0.25) is 0 Å². The van der Waals surface area contributed by atoms with Crippen molar-refractivity contribution in [2.75, 3.05) is 24.5 Å². The van der Waals surface area contributed by atoms with Gasteiger partial charge in [0.2, 0.25) is 0 Å². The van der Waals surface area contributed by atoms with Crippen molar-refractivity contribution in [1.82, 2.24) is 5.32 Å². The van der Waals surface area contributed by atoms with E-state index >= 15 is 0 Å². The lowest BCUT2D eigenvalue weighted by molar-refractivity contribution is 0.384. The van der Waals surface area contributed by atoms with Crippen molar-refractivity contribution >= 4 is 33.2 Å². The zero-order chi connectivity index (χ0) is 13.8. The fourth-order valence-electron chi connectivity index (χ4n) is 2.57. The summed E-state index contributed by atoms with van der Waals surface area (Å²) in [6, 6.07) is 6.66. The lowest BCUT2D eigenvalue weighted by Gasteiger charge is -2.30. The number of hydrogen-bond acceptors (Lipinski definition) is 2. The molecule has 1 aromatic rings. The highest BCUT2D eigenvalue weighted by Gasteiger charge is 2.23. The quantitative estimate of drug-likeness (QED) is 0.878. The van der Waals surface area contributed by atoms with E-state index in [1.165, 1.54) is 18.5 Å². The van der Waals surface area contributed by atoms with Crippen LogP contribution in [0, 0.1) is 5.92 Å². The van der Waals surface area contributed by atoms with Gasteiger partial charge in [0.05, 0.1) is 15.2 Å². The second-order valence-electron chi connectivity index (χ2n) is 5.32. The summed E-state index contributed by atoms with van der Waals surface area (Å²) in [5.41, 5.74) is 1.21. The summed E-state index contributed by atoms with van der Waals surface area (Å²) in [4.78, 5) is 2.45. The second-order valence-corrected chi connectivity index (χ2v) is 6.52. The molecular weight excluding hydrogens is 324 g/mol. The van der Waals surface area contributed by atoms with Crippen LogP contribution in [0.5, 0.6) is 0 Å². The highest BCUT2D eigenvalue weighted by atomic mass is 79.9. The summed E-state index contributed by atoms with van der Waals surface area (Å²) in [5.74, 6) is 0.693. The Bertz CT molecular complexity index is 425. The van der Waals surface area contributed by atoms with Gasteiger partial charge in [0.25, 0.3) is 0 Å². The fourth-order valence-corrected chi connectivity index (χ4v) is 3.26. The molecule has 1 aliphatic heterocycles. The molecule has 1 fully saturated rings. The summed E-state index contributed by atoms with van der Waals surface area (Å²) in [5, 5.41) is 4.46. The molecule has 0 saturated carbocycles. The molecule has 0 aromatic heterocycles. The molecule has 0 spiro atoms. The number of benzene rings is 1. The van der Waals surface area contributed by atoms with E-state index in [1.54, 1.807) is 0 Å².